The van der Waals surface area contributed by atoms with Crippen LogP contribution in [0.1, 0.15) is 42.9 Å². The van der Waals surface area contributed by atoms with E-state index >= 15 is 0 Å². The lowest BCUT2D eigenvalue weighted by Gasteiger charge is -2.46. The lowest BCUT2D eigenvalue weighted by atomic mass is 9.98. The van der Waals surface area contributed by atoms with Crippen LogP contribution in [-0.4, -0.2) is 65.8 Å². The number of hydrogen-bond donors (Lipinski definition) is 0. The predicted molar refractivity (Wildman–Crippen MR) is 81.8 cm³/mol. The summed E-state index contributed by atoms with van der Waals surface area (Å²) in [6.45, 7) is 8.42. The van der Waals surface area contributed by atoms with E-state index in [-0.39, 0.29) is 18.1 Å². The number of likely N-dealkylation sites (N-methyl/N-ethyl adjacent to an activating group) is 1. The van der Waals surface area contributed by atoms with Gasteiger partial charge in [-0.15, -0.1) is 0 Å². The van der Waals surface area contributed by atoms with Crippen molar-refractivity contribution in [3.8, 4) is 0 Å². The lowest BCUT2D eigenvalue weighted by molar-refractivity contribution is -0.0897. The van der Waals surface area contributed by atoms with Crippen molar-refractivity contribution in [2.75, 3.05) is 32.8 Å². The molecule has 0 spiro atoms. The zero-order chi connectivity index (χ0) is 15.5. The van der Waals surface area contributed by atoms with Crippen molar-refractivity contribution >= 4 is 5.91 Å². The number of aryl methyl sites for hydroxylation is 1. The Bertz CT molecular complexity index is 516. The molecule has 0 N–H and O–H groups in total. The fourth-order valence-corrected chi connectivity index (χ4v) is 3.40. The molecule has 0 bridgehead atoms. The molecule has 0 saturated carbocycles. The Labute approximate surface area is 131 Å². The maximum Gasteiger partial charge on any atom is 0.276 e. The first-order valence-corrected chi connectivity index (χ1v) is 8.33. The first-order chi connectivity index (χ1) is 10.7. The van der Waals surface area contributed by atoms with Gasteiger partial charge in [0.15, 0.2) is 5.69 Å². The zero-order valence-corrected chi connectivity index (χ0v) is 13.5. The number of ether oxygens (including phenoxy) is 1. The Kier molecular flexibility index (Phi) is 4.78. The monoisotopic (exact) mass is 307 g/mol. The molecule has 2 aliphatic rings. The summed E-state index contributed by atoms with van der Waals surface area (Å²) in [4.78, 5) is 17.1. The van der Waals surface area contributed by atoms with Crippen LogP contribution in [0.15, 0.2) is 10.6 Å². The number of aromatic nitrogens is 1. The number of hydrogen-bond acceptors (Lipinski definition) is 5. The maximum atomic E-state index is 12.8. The molecule has 6 heteroatoms. The third kappa shape index (κ3) is 3.03. The highest BCUT2D eigenvalue weighted by Gasteiger charge is 2.39. The SMILES string of the molecule is CCCc1cc(C(=O)N2CCO[C@@H]3CCN(CC)C[C@@H]32)no1. The molecular weight excluding hydrogens is 282 g/mol. The molecule has 0 unspecified atom stereocenters. The Hall–Kier alpha value is -1.40. The summed E-state index contributed by atoms with van der Waals surface area (Å²) in [5.41, 5.74) is 0.428. The highest BCUT2D eigenvalue weighted by atomic mass is 16.5. The van der Waals surface area contributed by atoms with Crippen LogP contribution in [0.3, 0.4) is 0 Å². The molecule has 2 saturated heterocycles. The third-order valence-corrected chi connectivity index (χ3v) is 4.65. The zero-order valence-electron chi connectivity index (χ0n) is 13.5. The van der Waals surface area contributed by atoms with Crippen LogP contribution < -0.4 is 0 Å². The normalized spacial score (nSPS) is 26.0. The van der Waals surface area contributed by atoms with E-state index in [1.54, 1.807) is 6.07 Å². The summed E-state index contributed by atoms with van der Waals surface area (Å²) < 4.78 is 11.1. The predicted octanol–water partition coefficient (Wildman–Crippen LogP) is 1.56. The van der Waals surface area contributed by atoms with Gasteiger partial charge in [-0.05, 0) is 19.4 Å². The molecule has 22 heavy (non-hydrogen) atoms. The smallest absolute Gasteiger partial charge is 0.276 e. The maximum absolute atomic E-state index is 12.8. The Morgan fingerprint density at radius 1 is 1.41 bits per heavy atom. The van der Waals surface area contributed by atoms with Crippen LogP contribution in [0.5, 0.6) is 0 Å². The van der Waals surface area contributed by atoms with Gasteiger partial charge in [-0.25, -0.2) is 0 Å². The van der Waals surface area contributed by atoms with Crippen molar-refractivity contribution in [1.82, 2.24) is 15.0 Å². The van der Waals surface area contributed by atoms with Crippen molar-refractivity contribution in [1.29, 1.82) is 0 Å². The fraction of sp³-hybridized carbons (Fsp3) is 0.750. The minimum Gasteiger partial charge on any atom is -0.374 e. The van der Waals surface area contributed by atoms with E-state index in [2.05, 4.69) is 23.9 Å². The van der Waals surface area contributed by atoms with E-state index in [0.717, 1.165) is 44.7 Å². The Balaban J connectivity index is 1.74. The Morgan fingerprint density at radius 2 is 2.27 bits per heavy atom. The van der Waals surface area contributed by atoms with Crippen molar-refractivity contribution < 1.29 is 14.1 Å². The van der Waals surface area contributed by atoms with Crippen LogP contribution in [0.25, 0.3) is 0 Å². The second kappa shape index (κ2) is 6.79. The standard InChI is InChI=1S/C16H25N3O3/c1-3-5-12-10-13(17-22-12)16(20)19-8-9-21-15-6-7-18(4-2)11-14(15)19/h10,14-15H,3-9,11H2,1-2H3/t14-,15+/m0/s1. The first kappa shape index (κ1) is 15.5. The third-order valence-electron chi connectivity index (χ3n) is 4.65. The van der Waals surface area contributed by atoms with Gasteiger partial charge < -0.3 is 19.1 Å². The van der Waals surface area contributed by atoms with Gasteiger partial charge >= 0.3 is 0 Å². The van der Waals surface area contributed by atoms with Gasteiger partial charge in [0.25, 0.3) is 5.91 Å². The number of fused-ring (bicyclic) bond motifs is 1. The molecule has 1 amide bonds. The second-order valence-electron chi connectivity index (χ2n) is 6.09. The van der Waals surface area contributed by atoms with Crippen molar-refractivity contribution in [2.45, 2.75) is 45.3 Å². The molecule has 2 aliphatic heterocycles. The molecule has 122 valence electrons. The quantitative estimate of drug-likeness (QED) is 0.845. The average molecular weight is 307 g/mol. The fourth-order valence-electron chi connectivity index (χ4n) is 3.40. The summed E-state index contributed by atoms with van der Waals surface area (Å²) >= 11 is 0. The molecule has 1 aromatic heterocycles. The summed E-state index contributed by atoms with van der Waals surface area (Å²) in [6, 6.07) is 1.91. The van der Waals surface area contributed by atoms with Crippen LogP contribution >= 0.6 is 0 Å². The molecule has 2 fully saturated rings. The lowest BCUT2D eigenvalue weighted by Crippen LogP contribution is -2.61. The van der Waals surface area contributed by atoms with Gasteiger partial charge in [0.05, 0.1) is 18.8 Å². The molecular formula is C16H25N3O3. The van der Waals surface area contributed by atoms with Crippen LogP contribution in [-0.2, 0) is 11.2 Å². The first-order valence-electron chi connectivity index (χ1n) is 8.33. The summed E-state index contributed by atoms with van der Waals surface area (Å²) in [6.07, 6.45) is 2.94. The molecule has 2 atom stereocenters. The van der Waals surface area contributed by atoms with Gasteiger partial charge in [0, 0.05) is 32.1 Å². The largest absolute Gasteiger partial charge is 0.374 e. The number of rotatable bonds is 4. The van der Waals surface area contributed by atoms with Gasteiger partial charge in [0.2, 0.25) is 0 Å². The Morgan fingerprint density at radius 3 is 3.05 bits per heavy atom. The number of piperidine rings is 1. The van der Waals surface area contributed by atoms with E-state index < -0.39 is 0 Å². The highest BCUT2D eigenvalue weighted by Crippen LogP contribution is 2.24. The molecule has 0 aromatic carbocycles. The minimum absolute atomic E-state index is 0.0256. The molecule has 6 nitrogen and oxygen atoms in total. The van der Waals surface area contributed by atoms with E-state index in [4.69, 9.17) is 9.26 Å². The highest BCUT2D eigenvalue weighted by molar-refractivity contribution is 5.92. The van der Waals surface area contributed by atoms with E-state index in [1.165, 1.54) is 0 Å². The van der Waals surface area contributed by atoms with Crippen molar-refractivity contribution in [3.63, 3.8) is 0 Å². The van der Waals surface area contributed by atoms with Crippen molar-refractivity contribution in [2.24, 2.45) is 0 Å². The number of carbonyl (C=O) groups excluding carboxylic acids is 1. The number of likely N-dealkylation sites (tertiary alicyclic amines) is 1. The van der Waals surface area contributed by atoms with Crippen molar-refractivity contribution in [3.05, 3.63) is 17.5 Å². The topological polar surface area (TPSA) is 58.8 Å². The number of carbonyl (C=O) groups is 1. The van der Waals surface area contributed by atoms with Crippen LogP contribution in [0, 0.1) is 0 Å². The average Bonchev–Trinajstić information content (AvgIpc) is 3.02. The molecule has 1 aromatic rings. The summed E-state index contributed by atoms with van der Waals surface area (Å²) in [5, 5.41) is 3.97. The van der Waals surface area contributed by atoms with E-state index in [0.29, 0.717) is 18.8 Å². The van der Waals surface area contributed by atoms with E-state index in [9.17, 15) is 4.79 Å². The van der Waals surface area contributed by atoms with Gasteiger partial charge in [-0.1, -0.05) is 19.0 Å². The molecule has 3 rings (SSSR count). The van der Waals surface area contributed by atoms with Gasteiger partial charge in [-0.2, -0.15) is 0 Å². The number of morpholine rings is 1. The molecule has 3 heterocycles. The second-order valence-corrected chi connectivity index (χ2v) is 6.09. The minimum atomic E-state index is -0.0256. The number of amides is 1. The van der Waals surface area contributed by atoms with Gasteiger partial charge in [-0.3, -0.25) is 4.79 Å². The number of nitrogens with zero attached hydrogens (tertiary/aromatic N) is 3. The van der Waals surface area contributed by atoms with Crippen LogP contribution in [0.4, 0.5) is 0 Å². The van der Waals surface area contributed by atoms with Gasteiger partial charge in [0.1, 0.15) is 5.76 Å². The van der Waals surface area contributed by atoms with Crippen LogP contribution in [0.2, 0.25) is 0 Å². The summed E-state index contributed by atoms with van der Waals surface area (Å²) in [7, 11) is 0. The molecule has 0 aliphatic carbocycles. The van der Waals surface area contributed by atoms with E-state index in [1.807, 2.05) is 4.90 Å². The summed E-state index contributed by atoms with van der Waals surface area (Å²) in [5.74, 6) is 0.761. The molecule has 0 radical (unpaired) electrons.